The van der Waals surface area contributed by atoms with Crippen LogP contribution in [0.4, 0.5) is 17.1 Å². The zero-order valence-corrected chi connectivity index (χ0v) is 31.7. The average Bonchev–Trinajstić information content (AvgIpc) is 3.69. The molecule has 1 heterocycles. The van der Waals surface area contributed by atoms with E-state index in [1.807, 2.05) is 12.1 Å². The van der Waals surface area contributed by atoms with E-state index in [0.717, 1.165) is 61.3 Å². The summed E-state index contributed by atoms with van der Waals surface area (Å²) < 4.78 is 6.48. The van der Waals surface area contributed by atoms with Gasteiger partial charge in [0.2, 0.25) is 0 Å². The van der Waals surface area contributed by atoms with Crippen molar-refractivity contribution in [3.05, 3.63) is 224 Å². The first-order valence-electron chi connectivity index (χ1n) is 19.8. The Bertz CT molecular complexity index is 3300. The molecule has 10 aromatic carbocycles. The lowest BCUT2D eigenvalue weighted by molar-refractivity contribution is 0.670. The molecule has 0 saturated carbocycles. The van der Waals surface area contributed by atoms with Gasteiger partial charge in [0.05, 0.1) is 11.4 Å². The van der Waals surface area contributed by atoms with Gasteiger partial charge in [0.1, 0.15) is 11.2 Å². The number of fused-ring (bicyclic) bond motifs is 5. The highest BCUT2D eigenvalue weighted by atomic mass is 16.3. The largest absolute Gasteiger partial charge is 0.455 e. The summed E-state index contributed by atoms with van der Waals surface area (Å²) in [6.07, 6.45) is 0. The Morgan fingerprint density at radius 1 is 0.293 bits per heavy atom. The summed E-state index contributed by atoms with van der Waals surface area (Å²) in [4.78, 5) is 2.43. The summed E-state index contributed by atoms with van der Waals surface area (Å²) in [5.41, 5.74) is 14.3. The van der Waals surface area contributed by atoms with Crippen molar-refractivity contribution in [3.8, 4) is 44.5 Å². The lowest BCUT2D eigenvalue weighted by Gasteiger charge is -2.30. The quantitative estimate of drug-likeness (QED) is 0.162. The number of para-hydroxylation sites is 4. The molecular formula is C56H37NO. The third kappa shape index (κ3) is 5.82. The predicted octanol–water partition coefficient (Wildman–Crippen LogP) is 16.0. The summed E-state index contributed by atoms with van der Waals surface area (Å²) in [5.74, 6) is 0. The third-order valence-corrected chi connectivity index (χ3v) is 11.5. The van der Waals surface area contributed by atoms with Crippen molar-refractivity contribution in [2.45, 2.75) is 0 Å². The highest BCUT2D eigenvalue weighted by Crippen LogP contribution is 2.47. The van der Waals surface area contributed by atoms with Crippen LogP contribution in [0.1, 0.15) is 0 Å². The second-order valence-electron chi connectivity index (χ2n) is 14.9. The van der Waals surface area contributed by atoms with Gasteiger partial charge >= 0.3 is 0 Å². The maximum Gasteiger partial charge on any atom is 0.143 e. The fourth-order valence-electron chi connectivity index (χ4n) is 8.67. The van der Waals surface area contributed by atoms with Crippen molar-refractivity contribution >= 4 is 60.5 Å². The molecule has 0 amide bonds. The van der Waals surface area contributed by atoms with Crippen molar-refractivity contribution in [2.24, 2.45) is 0 Å². The number of anilines is 3. The first kappa shape index (κ1) is 33.6. The second kappa shape index (κ2) is 14.1. The van der Waals surface area contributed by atoms with Crippen LogP contribution < -0.4 is 4.90 Å². The number of hydrogen-bond acceptors (Lipinski definition) is 2. The molecule has 0 unspecified atom stereocenters. The van der Waals surface area contributed by atoms with Crippen molar-refractivity contribution in [1.29, 1.82) is 0 Å². The molecule has 11 rings (SSSR count). The fraction of sp³-hybridized carbons (Fsp3) is 0. The van der Waals surface area contributed by atoms with Crippen molar-refractivity contribution in [1.82, 2.24) is 0 Å². The number of hydrogen-bond donors (Lipinski definition) is 0. The van der Waals surface area contributed by atoms with Gasteiger partial charge in [-0.2, -0.15) is 0 Å². The first-order valence-corrected chi connectivity index (χ1v) is 19.8. The van der Waals surface area contributed by atoms with Crippen molar-refractivity contribution < 1.29 is 4.42 Å². The van der Waals surface area contributed by atoms with Crippen molar-refractivity contribution in [3.63, 3.8) is 0 Å². The zero-order valence-electron chi connectivity index (χ0n) is 31.7. The van der Waals surface area contributed by atoms with Crippen LogP contribution in [0.3, 0.4) is 0 Å². The zero-order chi connectivity index (χ0) is 38.4. The maximum absolute atomic E-state index is 6.48. The van der Waals surface area contributed by atoms with Gasteiger partial charge in [-0.3, -0.25) is 0 Å². The topological polar surface area (TPSA) is 16.4 Å². The van der Waals surface area contributed by atoms with E-state index < -0.39 is 0 Å². The van der Waals surface area contributed by atoms with Crippen LogP contribution in [-0.2, 0) is 0 Å². The van der Waals surface area contributed by atoms with E-state index in [2.05, 4.69) is 217 Å². The van der Waals surface area contributed by atoms with E-state index >= 15 is 0 Å². The smallest absolute Gasteiger partial charge is 0.143 e. The molecule has 0 aliphatic heterocycles. The van der Waals surface area contributed by atoms with Gasteiger partial charge in [0.15, 0.2) is 0 Å². The highest BCUT2D eigenvalue weighted by Gasteiger charge is 2.22. The Kier molecular flexibility index (Phi) is 8.19. The van der Waals surface area contributed by atoms with E-state index in [1.165, 1.54) is 43.8 Å². The highest BCUT2D eigenvalue weighted by molar-refractivity contribution is 6.09. The predicted molar refractivity (Wildman–Crippen MR) is 245 cm³/mol. The Labute approximate surface area is 337 Å². The van der Waals surface area contributed by atoms with Crippen LogP contribution >= 0.6 is 0 Å². The minimum Gasteiger partial charge on any atom is -0.455 e. The number of rotatable bonds is 7. The van der Waals surface area contributed by atoms with Gasteiger partial charge in [-0.1, -0.05) is 182 Å². The van der Waals surface area contributed by atoms with Gasteiger partial charge in [0, 0.05) is 33.2 Å². The van der Waals surface area contributed by atoms with Crippen LogP contribution in [0.25, 0.3) is 88.0 Å². The van der Waals surface area contributed by atoms with Gasteiger partial charge in [-0.15, -0.1) is 0 Å². The molecule has 0 radical (unpaired) electrons. The van der Waals surface area contributed by atoms with E-state index in [0.29, 0.717) is 0 Å². The summed E-state index contributed by atoms with van der Waals surface area (Å²) in [6, 6.07) is 80.8. The standard InChI is InChI=1S/C56H37NO/c1-3-16-41-36-43(30-28-38(41)14-1)46-18-5-6-20-49(46)50-21-8-11-26-54(50)57(53-25-10-7-19-47(53)44-31-29-39-15-2-4-17-42(39)37-44)45-34-32-40(33-35-45)48-23-13-24-52-51-22-9-12-27-55(51)58-56(48)52/h1-37H. The molecule has 58 heavy (non-hydrogen) atoms. The molecule has 0 aliphatic carbocycles. The van der Waals surface area contributed by atoms with Crippen LogP contribution in [-0.4, -0.2) is 0 Å². The summed E-state index contributed by atoms with van der Waals surface area (Å²) in [7, 11) is 0. The molecule has 0 saturated heterocycles. The van der Waals surface area contributed by atoms with E-state index in [1.54, 1.807) is 0 Å². The molecule has 272 valence electrons. The lowest BCUT2D eigenvalue weighted by atomic mass is 9.91. The molecule has 2 heteroatoms. The third-order valence-electron chi connectivity index (χ3n) is 11.5. The Morgan fingerprint density at radius 3 is 1.48 bits per heavy atom. The minimum absolute atomic E-state index is 0.902. The number of nitrogens with zero attached hydrogens (tertiary/aromatic N) is 1. The Hall–Kier alpha value is -7.68. The van der Waals surface area contributed by atoms with Crippen LogP contribution in [0.2, 0.25) is 0 Å². The Morgan fingerprint density at radius 2 is 0.776 bits per heavy atom. The molecule has 11 aromatic rings. The molecule has 1 aromatic heterocycles. The molecule has 2 nitrogen and oxygen atoms in total. The molecule has 0 aliphatic rings. The number of furan rings is 1. The molecule has 0 atom stereocenters. The van der Waals surface area contributed by atoms with Crippen molar-refractivity contribution in [2.75, 3.05) is 4.90 Å². The Balaban J connectivity index is 1.11. The SMILES string of the molecule is c1ccc(-c2ccccc2N(c2ccc(-c3cccc4c3oc3ccccc34)cc2)c2ccccc2-c2ccc3ccccc3c2)c(-c2ccc3ccccc3c2)c1. The molecular weight excluding hydrogens is 703 g/mol. The molecule has 0 spiro atoms. The van der Waals surface area contributed by atoms with E-state index in [-0.39, 0.29) is 0 Å². The van der Waals surface area contributed by atoms with Gasteiger partial charge < -0.3 is 9.32 Å². The van der Waals surface area contributed by atoms with Crippen LogP contribution in [0.5, 0.6) is 0 Å². The lowest BCUT2D eigenvalue weighted by Crippen LogP contribution is -2.12. The molecule has 0 N–H and O–H groups in total. The molecule has 0 fully saturated rings. The fourth-order valence-corrected chi connectivity index (χ4v) is 8.67. The second-order valence-corrected chi connectivity index (χ2v) is 14.9. The normalized spacial score (nSPS) is 11.4. The first-order chi connectivity index (χ1) is 28.8. The van der Waals surface area contributed by atoms with E-state index in [4.69, 9.17) is 4.42 Å². The summed E-state index contributed by atoms with van der Waals surface area (Å²) in [6.45, 7) is 0. The molecule has 0 bridgehead atoms. The van der Waals surface area contributed by atoms with Gasteiger partial charge in [-0.25, -0.2) is 0 Å². The monoisotopic (exact) mass is 739 g/mol. The van der Waals surface area contributed by atoms with Crippen LogP contribution in [0.15, 0.2) is 229 Å². The average molecular weight is 740 g/mol. The maximum atomic E-state index is 6.48. The minimum atomic E-state index is 0.902. The van der Waals surface area contributed by atoms with E-state index in [9.17, 15) is 0 Å². The summed E-state index contributed by atoms with van der Waals surface area (Å²) >= 11 is 0. The van der Waals surface area contributed by atoms with Gasteiger partial charge in [-0.05, 0) is 91.8 Å². The van der Waals surface area contributed by atoms with Gasteiger partial charge in [0.25, 0.3) is 0 Å². The number of benzene rings is 10. The summed E-state index contributed by atoms with van der Waals surface area (Å²) in [5, 5.41) is 7.17. The van der Waals surface area contributed by atoms with Crippen LogP contribution in [0, 0.1) is 0 Å².